The van der Waals surface area contributed by atoms with Gasteiger partial charge in [-0.05, 0) is 36.8 Å². The van der Waals surface area contributed by atoms with Crippen molar-refractivity contribution in [1.29, 1.82) is 0 Å². The van der Waals surface area contributed by atoms with E-state index in [4.69, 9.17) is 9.47 Å². The molecule has 1 N–H and O–H groups in total. The first-order valence-electron chi connectivity index (χ1n) is 6.94. The molecular weight excluding hydrogens is 304 g/mol. The molecule has 1 atom stereocenters. The molecule has 0 radical (unpaired) electrons. The molecule has 23 heavy (non-hydrogen) atoms. The second-order valence-corrected chi connectivity index (χ2v) is 4.91. The van der Waals surface area contributed by atoms with Crippen molar-refractivity contribution in [2.24, 2.45) is 0 Å². The van der Waals surface area contributed by atoms with Crippen molar-refractivity contribution in [3.8, 4) is 11.5 Å². The minimum Gasteiger partial charge on any atom is -0.493 e. The summed E-state index contributed by atoms with van der Waals surface area (Å²) in [5.41, 5.74) is 0.118. The summed E-state index contributed by atoms with van der Waals surface area (Å²) in [4.78, 5) is 12.1. The first-order chi connectivity index (χ1) is 11.0. The third-order valence-electron chi connectivity index (χ3n) is 3.45. The quantitative estimate of drug-likeness (QED) is 0.917. The number of amides is 1. The highest BCUT2D eigenvalue weighted by molar-refractivity contribution is 5.95. The maximum absolute atomic E-state index is 13.6. The lowest BCUT2D eigenvalue weighted by Crippen LogP contribution is -2.28. The van der Waals surface area contributed by atoms with Gasteiger partial charge in [-0.3, -0.25) is 4.79 Å². The summed E-state index contributed by atoms with van der Waals surface area (Å²) in [5.74, 6) is -1.56. The van der Waals surface area contributed by atoms with E-state index in [9.17, 15) is 13.6 Å². The fourth-order valence-electron chi connectivity index (χ4n) is 2.19. The minimum atomic E-state index is -0.901. The van der Waals surface area contributed by atoms with Crippen molar-refractivity contribution in [1.82, 2.24) is 5.32 Å². The molecule has 4 nitrogen and oxygen atoms in total. The summed E-state index contributed by atoms with van der Waals surface area (Å²) < 4.78 is 37.6. The van der Waals surface area contributed by atoms with Gasteiger partial charge in [0, 0.05) is 0 Å². The van der Waals surface area contributed by atoms with Gasteiger partial charge in [0.1, 0.15) is 17.2 Å². The molecule has 122 valence electrons. The first kappa shape index (κ1) is 16.7. The molecule has 1 amide bonds. The highest BCUT2D eigenvalue weighted by Gasteiger charge is 2.19. The van der Waals surface area contributed by atoms with E-state index >= 15 is 0 Å². The van der Waals surface area contributed by atoms with E-state index in [1.165, 1.54) is 20.3 Å². The van der Waals surface area contributed by atoms with Gasteiger partial charge in [-0.2, -0.15) is 0 Å². The average molecular weight is 321 g/mol. The molecule has 0 aromatic heterocycles. The van der Waals surface area contributed by atoms with Crippen LogP contribution in [0.2, 0.25) is 0 Å². The van der Waals surface area contributed by atoms with E-state index in [0.29, 0.717) is 17.1 Å². The standard InChI is InChI=1S/C17H17F2NO3/c1-10(11-7-8-14(22-2)15(9-11)23-3)20-17(21)16-12(18)5-4-6-13(16)19/h4-10H,1-3H3,(H,20,21). The normalized spacial score (nSPS) is 11.7. The molecule has 0 spiro atoms. The van der Waals surface area contributed by atoms with Gasteiger partial charge in [-0.25, -0.2) is 8.78 Å². The van der Waals surface area contributed by atoms with E-state index < -0.39 is 29.1 Å². The molecule has 0 saturated carbocycles. The number of rotatable bonds is 5. The molecule has 2 rings (SSSR count). The largest absolute Gasteiger partial charge is 0.493 e. The summed E-state index contributed by atoms with van der Waals surface area (Å²) in [6.45, 7) is 1.71. The Morgan fingerprint density at radius 3 is 2.22 bits per heavy atom. The average Bonchev–Trinajstić information content (AvgIpc) is 2.53. The second-order valence-electron chi connectivity index (χ2n) is 4.91. The molecule has 2 aromatic rings. The Balaban J connectivity index is 2.22. The van der Waals surface area contributed by atoms with Crippen molar-refractivity contribution < 1.29 is 23.0 Å². The zero-order valence-electron chi connectivity index (χ0n) is 13.0. The molecule has 1 unspecified atom stereocenters. The minimum absolute atomic E-state index is 0.471. The van der Waals surface area contributed by atoms with E-state index in [1.807, 2.05) is 0 Å². The number of benzene rings is 2. The van der Waals surface area contributed by atoms with E-state index in [-0.39, 0.29) is 0 Å². The predicted octanol–water partition coefficient (Wildman–Crippen LogP) is 3.47. The summed E-state index contributed by atoms with van der Waals surface area (Å²) in [6, 6.07) is 7.95. The van der Waals surface area contributed by atoms with Gasteiger partial charge in [0.2, 0.25) is 0 Å². The monoisotopic (exact) mass is 321 g/mol. The highest BCUT2D eigenvalue weighted by atomic mass is 19.1. The predicted molar refractivity (Wildman–Crippen MR) is 81.8 cm³/mol. The number of carbonyl (C=O) groups is 1. The van der Waals surface area contributed by atoms with Gasteiger partial charge in [0.05, 0.1) is 20.3 Å². The van der Waals surface area contributed by atoms with E-state index in [0.717, 1.165) is 12.1 Å². The lowest BCUT2D eigenvalue weighted by molar-refractivity contribution is 0.0931. The molecule has 0 aliphatic rings. The van der Waals surface area contributed by atoms with Crippen LogP contribution in [-0.4, -0.2) is 20.1 Å². The molecule has 0 saturated heterocycles. The zero-order valence-corrected chi connectivity index (χ0v) is 13.0. The van der Waals surface area contributed by atoms with E-state index in [1.54, 1.807) is 25.1 Å². The molecular formula is C17H17F2NO3. The maximum Gasteiger partial charge on any atom is 0.257 e. The number of nitrogens with one attached hydrogen (secondary N) is 1. The fourth-order valence-corrected chi connectivity index (χ4v) is 2.19. The Labute approximate surface area is 133 Å². The summed E-state index contributed by atoms with van der Waals surface area (Å²) in [7, 11) is 3.02. The van der Waals surface area contributed by atoms with Crippen LogP contribution in [0.25, 0.3) is 0 Å². The van der Waals surface area contributed by atoms with Crippen LogP contribution in [0, 0.1) is 11.6 Å². The van der Waals surface area contributed by atoms with Crippen LogP contribution in [0.1, 0.15) is 28.9 Å². The SMILES string of the molecule is COc1ccc(C(C)NC(=O)c2c(F)cccc2F)cc1OC. The van der Waals surface area contributed by atoms with Crippen molar-refractivity contribution in [2.45, 2.75) is 13.0 Å². The lowest BCUT2D eigenvalue weighted by Gasteiger charge is -2.17. The van der Waals surface area contributed by atoms with Crippen LogP contribution >= 0.6 is 0 Å². The maximum atomic E-state index is 13.6. The second kappa shape index (κ2) is 7.09. The molecule has 0 aliphatic heterocycles. The van der Waals surface area contributed by atoms with Gasteiger partial charge >= 0.3 is 0 Å². The third kappa shape index (κ3) is 3.59. The summed E-state index contributed by atoms with van der Waals surface area (Å²) >= 11 is 0. The van der Waals surface area contributed by atoms with Gasteiger partial charge in [-0.15, -0.1) is 0 Å². The Kier molecular flexibility index (Phi) is 5.16. The zero-order chi connectivity index (χ0) is 17.0. The van der Waals surface area contributed by atoms with Crippen molar-refractivity contribution in [2.75, 3.05) is 14.2 Å². The Morgan fingerprint density at radius 2 is 1.65 bits per heavy atom. The van der Waals surface area contributed by atoms with Gasteiger partial charge in [0.25, 0.3) is 5.91 Å². The Bertz CT molecular complexity index is 699. The molecule has 0 aliphatic carbocycles. The smallest absolute Gasteiger partial charge is 0.257 e. The molecule has 6 heteroatoms. The fraction of sp³-hybridized carbons (Fsp3) is 0.235. The van der Waals surface area contributed by atoms with Crippen LogP contribution in [0.5, 0.6) is 11.5 Å². The molecule has 0 bridgehead atoms. The lowest BCUT2D eigenvalue weighted by atomic mass is 10.1. The molecule has 2 aromatic carbocycles. The first-order valence-corrected chi connectivity index (χ1v) is 6.94. The van der Waals surface area contributed by atoms with Crippen molar-refractivity contribution in [3.05, 3.63) is 59.2 Å². The van der Waals surface area contributed by atoms with Crippen molar-refractivity contribution >= 4 is 5.91 Å². The van der Waals surface area contributed by atoms with E-state index in [2.05, 4.69) is 5.32 Å². The number of hydrogen-bond acceptors (Lipinski definition) is 3. The Morgan fingerprint density at radius 1 is 1.04 bits per heavy atom. The van der Waals surface area contributed by atoms with Crippen LogP contribution in [0.3, 0.4) is 0 Å². The highest BCUT2D eigenvalue weighted by Crippen LogP contribution is 2.30. The molecule has 0 fully saturated rings. The topological polar surface area (TPSA) is 47.6 Å². The third-order valence-corrected chi connectivity index (χ3v) is 3.45. The summed E-state index contributed by atoms with van der Waals surface area (Å²) in [6.07, 6.45) is 0. The number of halogens is 2. The van der Waals surface area contributed by atoms with Crippen LogP contribution < -0.4 is 14.8 Å². The molecule has 0 heterocycles. The summed E-state index contributed by atoms with van der Waals surface area (Å²) in [5, 5.41) is 2.57. The van der Waals surface area contributed by atoms with Crippen LogP contribution in [0.15, 0.2) is 36.4 Å². The van der Waals surface area contributed by atoms with Crippen LogP contribution in [0.4, 0.5) is 8.78 Å². The number of ether oxygens (including phenoxy) is 2. The van der Waals surface area contributed by atoms with Gasteiger partial charge in [0.15, 0.2) is 11.5 Å². The van der Waals surface area contributed by atoms with Crippen molar-refractivity contribution in [3.63, 3.8) is 0 Å². The van der Waals surface area contributed by atoms with Gasteiger partial charge in [-0.1, -0.05) is 12.1 Å². The number of hydrogen-bond donors (Lipinski definition) is 1. The van der Waals surface area contributed by atoms with Gasteiger partial charge < -0.3 is 14.8 Å². The van der Waals surface area contributed by atoms with Crippen LogP contribution in [-0.2, 0) is 0 Å². The Hall–Kier alpha value is -2.63. The number of methoxy groups -OCH3 is 2. The number of carbonyl (C=O) groups excluding carboxylic acids is 1.